The van der Waals surface area contributed by atoms with Gasteiger partial charge in [0.15, 0.2) is 0 Å². The number of halogens is 1. The Bertz CT molecular complexity index is 352. The minimum atomic E-state index is 0.0307. The third-order valence-corrected chi connectivity index (χ3v) is 2.71. The van der Waals surface area contributed by atoms with Crippen LogP contribution in [0.5, 0.6) is 0 Å². The first-order valence-corrected chi connectivity index (χ1v) is 5.77. The summed E-state index contributed by atoms with van der Waals surface area (Å²) in [7, 11) is 0. The lowest BCUT2D eigenvalue weighted by molar-refractivity contribution is -0.116. The van der Waals surface area contributed by atoms with Gasteiger partial charge in [0, 0.05) is 16.6 Å². The summed E-state index contributed by atoms with van der Waals surface area (Å²) < 4.78 is 0.849. The maximum absolute atomic E-state index is 11.5. The van der Waals surface area contributed by atoms with Crippen LogP contribution in [0.3, 0.4) is 0 Å². The Kier molecular flexibility index (Phi) is 4.62. The molecule has 0 spiro atoms. The number of nitrogens with two attached hydrogens (primary N) is 1. The zero-order chi connectivity index (χ0) is 11.3. The molecule has 0 fully saturated rings. The molecule has 82 valence electrons. The average molecular weight is 271 g/mol. The highest BCUT2D eigenvalue weighted by Crippen LogP contribution is 2.24. The van der Waals surface area contributed by atoms with Crippen molar-refractivity contribution in [3.8, 4) is 0 Å². The third kappa shape index (κ3) is 3.91. The number of unbranched alkanes of at least 4 members (excludes halogenated alkanes) is 1. The number of hydrogen-bond donors (Lipinski definition) is 2. The first kappa shape index (κ1) is 12.0. The molecular weight excluding hydrogens is 256 g/mol. The van der Waals surface area contributed by atoms with Gasteiger partial charge < -0.3 is 11.1 Å². The van der Waals surface area contributed by atoms with Crippen molar-refractivity contribution < 1.29 is 4.79 Å². The van der Waals surface area contributed by atoms with E-state index in [4.69, 9.17) is 5.73 Å². The van der Waals surface area contributed by atoms with Crippen LogP contribution in [0.1, 0.15) is 26.2 Å². The van der Waals surface area contributed by atoms with Crippen molar-refractivity contribution in [2.24, 2.45) is 0 Å². The van der Waals surface area contributed by atoms with Crippen LogP contribution in [0.25, 0.3) is 0 Å². The van der Waals surface area contributed by atoms with Gasteiger partial charge in [0.1, 0.15) is 0 Å². The van der Waals surface area contributed by atoms with Crippen LogP contribution in [-0.2, 0) is 4.79 Å². The van der Waals surface area contributed by atoms with E-state index in [9.17, 15) is 4.79 Å². The van der Waals surface area contributed by atoms with Gasteiger partial charge in [-0.25, -0.2) is 0 Å². The SMILES string of the molecule is CCCCC(=O)Nc1cc(N)ccc1Br. The van der Waals surface area contributed by atoms with E-state index in [0.717, 1.165) is 23.0 Å². The van der Waals surface area contributed by atoms with Crippen LogP contribution < -0.4 is 11.1 Å². The van der Waals surface area contributed by atoms with Crippen molar-refractivity contribution in [1.29, 1.82) is 0 Å². The van der Waals surface area contributed by atoms with Crippen LogP contribution in [0.2, 0.25) is 0 Å². The normalized spacial score (nSPS) is 10.0. The summed E-state index contributed by atoms with van der Waals surface area (Å²) in [6.45, 7) is 2.06. The number of carbonyl (C=O) groups excluding carboxylic acids is 1. The van der Waals surface area contributed by atoms with Crippen molar-refractivity contribution >= 4 is 33.2 Å². The van der Waals surface area contributed by atoms with E-state index in [2.05, 4.69) is 28.2 Å². The Labute approximate surface area is 98.2 Å². The molecule has 0 aromatic heterocycles. The first-order valence-electron chi connectivity index (χ1n) is 4.98. The Balaban J connectivity index is 2.63. The molecule has 4 heteroatoms. The number of anilines is 2. The molecule has 3 nitrogen and oxygen atoms in total. The summed E-state index contributed by atoms with van der Waals surface area (Å²) in [4.78, 5) is 11.5. The number of amides is 1. The summed E-state index contributed by atoms with van der Waals surface area (Å²) >= 11 is 3.36. The fourth-order valence-electron chi connectivity index (χ4n) is 1.19. The topological polar surface area (TPSA) is 55.1 Å². The third-order valence-electron chi connectivity index (χ3n) is 2.02. The number of carbonyl (C=O) groups is 1. The predicted molar refractivity (Wildman–Crippen MR) is 66.7 cm³/mol. The Morgan fingerprint density at radius 2 is 2.27 bits per heavy atom. The summed E-state index contributed by atoms with van der Waals surface area (Å²) in [5.74, 6) is 0.0307. The zero-order valence-corrected chi connectivity index (χ0v) is 10.3. The van der Waals surface area contributed by atoms with E-state index in [-0.39, 0.29) is 5.91 Å². The fraction of sp³-hybridized carbons (Fsp3) is 0.364. The molecule has 0 radical (unpaired) electrons. The first-order chi connectivity index (χ1) is 7.13. The number of nitrogen functional groups attached to an aromatic ring is 1. The van der Waals surface area contributed by atoms with Gasteiger partial charge in [-0.2, -0.15) is 0 Å². The quantitative estimate of drug-likeness (QED) is 0.826. The number of rotatable bonds is 4. The van der Waals surface area contributed by atoms with E-state index in [0.29, 0.717) is 12.1 Å². The number of hydrogen-bond acceptors (Lipinski definition) is 2. The van der Waals surface area contributed by atoms with Gasteiger partial charge in [0.2, 0.25) is 5.91 Å². The van der Waals surface area contributed by atoms with Crippen LogP contribution in [0, 0.1) is 0 Å². The summed E-state index contributed by atoms with van der Waals surface area (Å²) in [5.41, 5.74) is 7.01. The highest BCUT2D eigenvalue weighted by molar-refractivity contribution is 9.10. The van der Waals surface area contributed by atoms with Gasteiger partial charge in [-0.15, -0.1) is 0 Å². The van der Waals surface area contributed by atoms with Crippen molar-refractivity contribution in [3.05, 3.63) is 22.7 Å². The molecule has 0 saturated heterocycles. The molecule has 0 atom stereocenters. The lowest BCUT2D eigenvalue weighted by Crippen LogP contribution is -2.11. The monoisotopic (exact) mass is 270 g/mol. The molecule has 0 aliphatic carbocycles. The van der Waals surface area contributed by atoms with Crippen molar-refractivity contribution in [2.75, 3.05) is 11.1 Å². The molecule has 15 heavy (non-hydrogen) atoms. The second kappa shape index (κ2) is 5.75. The number of benzene rings is 1. The van der Waals surface area contributed by atoms with Crippen LogP contribution >= 0.6 is 15.9 Å². The van der Waals surface area contributed by atoms with Gasteiger partial charge in [-0.1, -0.05) is 13.3 Å². The van der Waals surface area contributed by atoms with Crippen LogP contribution in [0.15, 0.2) is 22.7 Å². The largest absolute Gasteiger partial charge is 0.399 e. The van der Waals surface area contributed by atoms with E-state index in [1.807, 2.05) is 6.07 Å². The molecule has 0 aliphatic rings. The molecule has 0 unspecified atom stereocenters. The Morgan fingerprint density at radius 1 is 1.53 bits per heavy atom. The summed E-state index contributed by atoms with van der Waals surface area (Å²) in [6, 6.07) is 5.35. The molecular formula is C11H15BrN2O. The highest BCUT2D eigenvalue weighted by atomic mass is 79.9. The second-order valence-electron chi connectivity index (χ2n) is 3.39. The van der Waals surface area contributed by atoms with Crippen molar-refractivity contribution in [1.82, 2.24) is 0 Å². The van der Waals surface area contributed by atoms with Gasteiger partial charge >= 0.3 is 0 Å². The predicted octanol–water partition coefficient (Wildman–Crippen LogP) is 3.16. The zero-order valence-electron chi connectivity index (χ0n) is 8.72. The molecule has 0 saturated carbocycles. The summed E-state index contributed by atoms with van der Waals surface area (Å²) in [5, 5.41) is 2.82. The van der Waals surface area contributed by atoms with Crippen LogP contribution in [-0.4, -0.2) is 5.91 Å². The molecule has 0 aliphatic heterocycles. The van der Waals surface area contributed by atoms with E-state index in [1.165, 1.54) is 0 Å². The molecule has 1 rings (SSSR count). The average Bonchev–Trinajstić information content (AvgIpc) is 2.20. The van der Waals surface area contributed by atoms with Crippen molar-refractivity contribution in [2.45, 2.75) is 26.2 Å². The molecule has 3 N–H and O–H groups in total. The van der Waals surface area contributed by atoms with Gasteiger partial charge in [-0.3, -0.25) is 4.79 Å². The van der Waals surface area contributed by atoms with Crippen molar-refractivity contribution in [3.63, 3.8) is 0 Å². The lowest BCUT2D eigenvalue weighted by Gasteiger charge is -2.07. The van der Waals surface area contributed by atoms with Gasteiger partial charge in [0.05, 0.1) is 5.69 Å². The highest BCUT2D eigenvalue weighted by Gasteiger charge is 2.05. The van der Waals surface area contributed by atoms with E-state index < -0.39 is 0 Å². The van der Waals surface area contributed by atoms with Gasteiger partial charge in [-0.05, 0) is 40.5 Å². The molecule has 0 bridgehead atoms. The Hall–Kier alpha value is -1.03. The molecule has 0 heterocycles. The fourth-order valence-corrected chi connectivity index (χ4v) is 1.53. The second-order valence-corrected chi connectivity index (χ2v) is 4.25. The molecule has 1 aromatic rings. The minimum absolute atomic E-state index is 0.0307. The maximum Gasteiger partial charge on any atom is 0.224 e. The molecule has 1 amide bonds. The Morgan fingerprint density at radius 3 is 2.93 bits per heavy atom. The van der Waals surface area contributed by atoms with Gasteiger partial charge in [0.25, 0.3) is 0 Å². The maximum atomic E-state index is 11.5. The standard InChI is InChI=1S/C11H15BrN2O/c1-2-3-4-11(15)14-10-7-8(13)5-6-9(10)12/h5-7H,2-4,13H2,1H3,(H,14,15). The molecule has 1 aromatic carbocycles. The van der Waals surface area contributed by atoms with E-state index >= 15 is 0 Å². The van der Waals surface area contributed by atoms with Crippen LogP contribution in [0.4, 0.5) is 11.4 Å². The van der Waals surface area contributed by atoms with E-state index in [1.54, 1.807) is 12.1 Å². The minimum Gasteiger partial charge on any atom is -0.399 e. The summed E-state index contributed by atoms with van der Waals surface area (Å²) in [6.07, 6.45) is 2.48. The smallest absolute Gasteiger partial charge is 0.224 e. The lowest BCUT2D eigenvalue weighted by atomic mass is 10.2. The number of nitrogens with one attached hydrogen (secondary N) is 1.